The maximum absolute atomic E-state index is 10.9. The molecule has 1 rings (SSSR count). The number of rotatable bonds is 5. The van der Waals surface area contributed by atoms with E-state index in [1.54, 1.807) is 19.1 Å². The molecule has 2 unspecified atom stereocenters. The Morgan fingerprint density at radius 2 is 2.18 bits per heavy atom. The molecule has 0 heterocycles. The van der Waals surface area contributed by atoms with E-state index >= 15 is 0 Å². The van der Waals surface area contributed by atoms with Gasteiger partial charge in [0.15, 0.2) is 0 Å². The first-order chi connectivity index (χ1) is 8.01. The number of aliphatic carboxylic acids is 1. The summed E-state index contributed by atoms with van der Waals surface area (Å²) in [6.45, 7) is 1.72. The van der Waals surface area contributed by atoms with Gasteiger partial charge in [-0.05, 0) is 24.1 Å². The van der Waals surface area contributed by atoms with Gasteiger partial charge in [-0.3, -0.25) is 4.79 Å². The number of halogens is 1. The van der Waals surface area contributed by atoms with Crippen LogP contribution in [0.5, 0.6) is 5.75 Å². The van der Waals surface area contributed by atoms with Crippen LogP contribution in [0.25, 0.3) is 0 Å². The van der Waals surface area contributed by atoms with Crippen molar-refractivity contribution in [1.29, 1.82) is 0 Å². The number of methoxy groups -OCH3 is 1. The van der Waals surface area contributed by atoms with Crippen LogP contribution in [-0.4, -0.2) is 23.3 Å². The summed E-state index contributed by atoms with van der Waals surface area (Å²) >= 11 is 5.92. The molecule has 0 spiro atoms. The average Bonchev–Trinajstić information content (AvgIpc) is 2.29. The van der Waals surface area contributed by atoms with Crippen LogP contribution in [0, 0.1) is 5.92 Å². The zero-order chi connectivity index (χ0) is 13.0. The van der Waals surface area contributed by atoms with Crippen molar-refractivity contribution in [2.24, 2.45) is 5.92 Å². The summed E-state index contributed by atoms with van der Waals surface area (Å²) in [6, 6.07) is 4.74. The van der Waals surface area contributed by atoms with Crippen LogP contribution in [0.1, 0.15) is 25.0 Å². The molecule has 0 aliphatic rings. The largest absolute Gasteiger partial charge is 0.495 e. The van der Waals surface area contributed by atoms with Gasteiger partial charge in [-0.25, -0.2) is 0 Å². The van der Waals surface area contributed by atoms with Crippen LogP contribution in [0.15, 0.2) is 18.2 Å². The molecule has 2 N–H and O–H groups in total. The standard InChI is InChI=1S/C12H15ClO4/c1-3-8(12(15)16)11(14)7-4-5-10(17-2)9(13)6-7/h4-6,8,11,14H,3H2,1-2H3,(H,15,16). The van der Waals surface area contributed by atoms with Crippen molar-refractivity contribution < 1.29 is 19.7 Å². The Morgan fingerprint density at radius 1 is 1.53 bits per heavy atom. The molecule has 0 aromatic heterocycles. The average molecular weight is 259 g/mol. The summed E-state index contributed by atoms with van der Waals surface area (Å²) in [4.78, 5) is 10.9. The second kappa shape index (κ2) is 5.89. The van der Waals surface area contributed by atoms with E-state index in [2.05, 4.69) is 0 Å². The molecule has 1 aromatic rings. The molecule has 1 aromatic carbocycles. The van der Waals surface area contributed by atoms with Gasteiger partial charge in [0.05, 0.1) is 24.2 Å². The molecule has 0 saturated heterocycles. The number of hydrogen-bond donors (Lipinski definition) is 2. The van der Waals surface area contributed by atoms with E-state index < -0.39 is 18.0 Å². The minimum Gasteiger partial charge on any atom is -0.495 e. The third-order valence-corrected chi connectivity index (χ3v) is 2.95. The van der Waals surface area contributed by atoms with E-state index in [-0.39, 0.29) is 0 Å². The van der Waals surface area contributed by atoms with Crippen molar-refractivity contribution in [3.05, 3.63) is 28.8 Å². The lowest BCUT2D eigenvalue weighted by molar-refractivity contribution is -0.146. The van der Waals surface area contributed by atoms with Gasteiger partial charge in [0.1, 0.15) is 5.75 Å². The van der Waals surface area contributed by atoms with Crippen LogP contribution in [0.2, 0.25) is 5.02 Å². The summed E-state index contributed by atoms with van der Waals surface area (Å²) in [5.41, 5.74) is 0.477. The van der Waals surface area contributed by atoms with E-state index in [4.69, 9.17) is 21.4 Å². The Kier molecular flexibility index (Phi) is 4.78. The Labute approximate surface area is 105 Å². The smallest absolute Gasteiger partial charge is 0.309 e. The first-order valence-electron chi connectivity index (χ1n) is 5.25. The molecular formula is C12H15ClO4. The van der Waals surface area contributed by atoms with Gasteiger partial charge in [0.2, 0.25) is 0 Å². The highest BCUT2D eigenvalue weighted by Crippen LogP contribution is 2.31. The topological polar surface area (TPSA) is 66.8 Å². The van der Waals surface area contributed by atoms with Gasteiger partial charge in [0.25, 0.3) is 0 Å². The third-order valence-electron chi connectivity index (χ3n) is 2.66. The Bertz CT molecular complexity index is 405. The zero-order valence-electron chi connectivity index (χ0n) is 9.68. The monoisotopic (exact) mass is 258 g/mol. The highest BCUT2D eigenvalue weighted by Gasteiger charge is 2.26. The number of benzene rings is 1. The molecule has 0 aliphatic carbocycles. The zero-order valence-corrected chi connectivity index (χ0v) is 10.4. The van der Waals surface area contributed by atoms with Crippen molar-refractivity contribution in [1.82, 2.24) is 0 Å². The van der Waals surface area contributed by atoms with E-state index in [0.29, 0.717) is 22.8 Å². The summed E-state index contributed by atoms with van der Waals surface area (Å²) in [6.07, 6.45) is -0.721. The number of hydrogen-bond acceptors (Lipinski definition) is 3. The van der Waals surface area contributed by atoms with Gasteiger partial charge in [0, 0.05) is 0 Å². The van der Waals surface area contributed by atoms with Crippen LogP contribution < -0.4 is 4.74 Å². The number of ether oxygens (including phenoxy) is 1. The molecule has 0 radical (unpaired) electrons. The fourth-order valence-corrected chi connectivity index (χ4v) is 1.90. The molecule has 0 bridgehead atoms. The van der Waals surface area contributed by atoms with Gasteiger partial charge >= 0.3 is 5.97 Å². The second-order valence-corrected chi connectivity index (χ2v) is 4.10. The second-order valence-electron chi connectivity index (χ2n) is 3.69. The third kappa shape index (κ3) is 3.11. The Morgan fingerprint density at radius 3 is 2.59 bits per heavy atom. The predicted octanol–water partition coefficient (Wildman–Crippen LogP) is 2.49. The molecule has 5 heteroatoms. The van der Waals surface area contributed by atoms with Crippen molar-refractivity contribution in [3.63, 3.8) is 0 Å². The number of carboxylic acid groups (broad SMARTS) is 1. The lowest BCUT2D eigenvalue weighted by atomic mass is 9.93. The Balaban J connectivity index is 2.99. The SMILES string of the molecule is CCC(C(=O)O)C(O)c1ccc(OC)c(Cl)c1. The van der Waals surface area contributed by atoms with Crippen molar-refractivity contribution >= 4 is 17.6 Å². The maximum atomic E-state index is 10.9. The first-order valence-corrected chi connectivity index (χ1v) is 5.63. The fourth-order valence-electron chi connectivity index (χ4n) is 1.63. The van der Waals surface area contributed by atoms with Gasteiger partial charge in [-0.2, -0.15) is 0 Å². The molecule has 0 amide bonds. The van der Waals surface area contributed by atoms with Crippen LogP contribution in [0.4, 0.5) is 0 Å². The number of aliphatic hydroxyl groups excluding tert-OH is 1. The minimum absolute atomic E-state index is 0.347. The summed E-state index contributed by atoms with van der Waals surface area (Å²) in [5.74, 6) is -1.36. The van der Waals surface area contributed by atoms with Crippen LogP contribution in [0.3, 0.4) is 0 Å². The van der Waals surface area contributed by atoms with Crippen LogP contribution >= 0.6 is 11.6 Å². The first kappa shape index (κ1) is 13.8. The molecule has 0 fully saturated rings. The van der Waals surface area contributed by atoms with Crippen molar-refractivity contribution in [3.8, 4) is 5.75 Å². The highest BCUT2D eigenvalue weighted by atomic mass is 35.5. The normalized spacial score (nSPS) is 14.1. The lowest BCUT2D eigenvalue weighted by Gasteiger charge is -2.18. The molecule has 0 saturated carbocycles. The van der Waals surface area contributed by atoms with Gasteiger partial charge in [-0.15, -0.1) is 0 Å². The predicted molar refractivity (Wildman–Crippen MR) is 64.4 cm³/mol. The molecule has 4 nitrogen and oxygen atoms in total. The summed E-state index contributed by atoms with van der Waals surface area (Å²) in [5, 5.41) is 19.3. The van der Waals surface area contributed by atoms with Crippen molar-refractivity contribution in [2.75, 3.05) is 7.11 Å². The molecule has 0 aliphatic heterocycles. The van der Waals surface area contributed by atoms with Crippen LogP contribution in [-0.2, 0) is 4.79 Å². The highest BCUT2D eigenvalue weighted by molar-refractivity contribution is 6.32. The fraction of sp³-hybridized carbons (Fsp3) is 0.417. The van der Waals surface area contributed by atoms with Crippen molar-refractivity contribution in [2.45, 2.75) is 19.4 Å². The van der Waals surface area contributed by atoms with E-state index in [0.717, 1.165) is 0 Å². The molecule has 94 valence electrons. The van der Waals surface area contributed by atoms with E-state index in [1.165, 1.54) is 13.2 Å². The quantitative estimate of drug-likeness (QED) is 0.852. The summed E-state index contributed by atoms with van der Waals surface area (Å²) < 4.78 is 4.98. The summed E-state index contributed by atoms with van der Waals surface area (Å²) in [7, 11) is 1.49. The number of carboxylic acids is 1. The Hall–Kier alpha value is -1.26. The van der Waals surface area contributed by atoms with E-state index in [9.17, 15) is 9.90 Å². The lowest BCUT2D eigenvalue weighted by Crippen LogP contribution is -2.21. The maximum Gasteiger partial charge on any atom is 0.309 e. The molecule has 2 atom stereocenters. The van der Waals surface area contributed by atoms with Gasteiger partial charge < -0.3 is 14.9 Å². The molecule has 17 heavy (non-hydrogen) atoms. The molecular weight excluding hydrogens is 244 g/mol. The number of carbonyl (C=O) groups is 1. The number of aliphatic hydroxyl groups is 1. The van der Waals surface area contributed by atoms with E-state index in [1.807, 2.05) is 0 Å². The minimum atomic E-state index is -1.07. The van der Waals surface area contributed by atoms with Gasteiger partial charge in [-0.1, -0.05) is 24.6 Å².